The van der Waals surface area contributed by atoms with E-state index < -0.39 is 33.8 Å². The summed E-state index contributed by atoms with van der Waals surface area (Å²) >= 11 is 6.50. The van der Waals surface area contributed by atoms with Crippen LogP contribution >= 0.6 is 11.6 Å². The van der Waals surface area contributed by atoms with Crippen LogP contribution in [0.3, 0.4) is 0 Å². The first-order valence-electron chi connectivity index (χ1n) is 12.3. The van der Waals surface area contributed by atoms with Crippen LogP contribution in [0.2, 0.25) is 5.02 Å². The van der Waals surface area contributed by atoms with E-state index in [0.29, 0.717) is 23.2 Å². The fourth-order valence-corrected chi connectivity index (χ4v) is 5.35. The first kappa shape index (κ1) is 29.2. The molecule has 1 aromatic carbocycles. The molecule has 0 aliphatic carbocycles. The molecule has 3 heterocycles. The summed E-state index contributed by atoms with van der Waals surface area (Å²) in [6, 6.07) is 10.4. The number of pyridine rings is 2. The minimum absolute atomic E-state index is 0.0956. The molecule has 208 valence electrons. The van der Waals surface area contributed by atoms with Gasteiger partial charge in [0.1, 0.15) is 27.9 Å². The van der Waals surface area contributed by atoms with Gasteiger partial charge in [0.25, 0.3) is 5.56 Å². The van der Waals surface area contributed by atoms with Crippen LogP contribution in [-0.2, 0) is 17.2 Å². The summed E-state index contributed by atoms with van der Waals surface area (Å²) in [4.78, 5) is 17.2. The number of halogens is 4. The van der Waals surface area contributed by atoms with E-state index >= 15 is 8.78 Å². The average Bonchev–Trinajstić information content (AvgIpc) is 3.42. The Morgan fingerprint density at radius 3 is 2.67 bits per heavy atom. The van der Waals surface area contributed by atoms with Gasteiger partial charge < -0.3 is 0 Å². The summed E-state index contributed by atoms with van der Waals surface area (Å²) in [7, 11) is -1.65. The second-order valence-electron chi connectivity index (χ2n) is 9.15. The molecule has 3 aromatic heterocycles. The molecule has 0 aliphatic rings. The number of rotatable bonds is 8. The van der Waals surface area contributed by atoms with Crippen molar-refractivity contribution in [1.82, 2.24) is 14.2 Å². The third-order valence-electron chi connectivity index (χ3n) is 6.38. The molecule has 2 unspecified atom stereocenters. The van der Waals surface area contributed by atoms with Gasteiger partial charge in [-0.15, -0.1) is 0 Å². The quantitative estimate of drug-likeness (QED) is 0.218. The van der Waals surface area contributed by atoms with Crippen molar-refractivity contribution in [1.29, 1.82) is 0 Å². The number of aromatic nitrogens is 3. The Morgan fingerprint density at radius 1 is 1.23 bits per heavy atom. The normalized spacial score (nSPS) is 14.3. The van der Waals surface area contributed by atoms with Gasteiger partial charge in [0.05, 0.1) is 28.1 Å². The summed E-state index contributed by atoms with van der Waals surface area (Å²) in [5, 5.41) is 4.07. The van der Waals surface area contributed by atoms with Crippen LogP contribution in [-0.4, -0.2) is 30.4 Å². The number of hydrogen-bond acceptors (Lipinski definition) is 4. The van der Waals surface area contributed by atoms with Crippen LogP contribution in [0.25, 0.3) is 11.7 Å². The Labute approximate surface area is 236 Å². The van der Waals surface area contributed by atoms with Crippen molar-refractivity contribution in [3.8, 4) is 0 Å². The number of aliphatic imine (C=N–C) groups is 1. The van der Waals surface area contributed by atoms with Crippen molar-refractivity contribution in [3.63, 3.8) is 0 Å². The van der Waals surface area contributed by atoms with Crippen LogP contribution in [0.5, 0.6) is 0 Å². The van der Waals surface area contributed by atoms with E-state index in [-0.39, 0.29) is 27.1 Å². The van der Waals surface area contributed by atoms with Crippen LogP contribution in [0, 0.1) is 18.6 Å². The second kappa shape index (κ2) is 12.2. The van der Waals surface area contributed by atoms with Crippen molar-refractivity contribution in [2.45, 2.75) is 38.0 Å². The number of nitrogens with zero attached hydrogens (tertiary/aromatic N) is 4. The van der Waals surface area contributed by atoms with Crippen LogP contribution in [0.1, 0.15) is 42.3 Å². The predicted molar refractivity (Wildman–Crippen MR) is 153 cm³/mol. The summed E-state index contributed by atoms with van der Waals surface area (Å²) in [5.74, 6) is -2.52. The van der Waals surface area contributed by atoms with E-state index in [0.717, 1.165) is 16.5 Å². The molecule has 0 fully saturated rings. The summed E-state index contributed by atoms with van der Waals surface area (Å²) < 4.78 is 59.4. The van der Waals surface area contributed by atoms with E-state index in [9.17, 15) is 13.4 Å². The van der Waals surface area contributed by atoms with Crippen LogP contribution in [0.4, 0.5) is 13.2 Å². The van der Waals surface area contributed by atoms with Crippen molar-refractivity contribution in [2.24, 2.45) is 4.99 Å². The minimum Gasteiger partial charge on any atom is -0.284 e. The lowest BCUT2D eigenvalue weighted by molar-refractivity contribution is 0.591. The molecule has 0 N–H and O–H groups in total. The molecule has 4 aromatic rings. The van der Waals surface area contributed by atoms with Crippen LogP contribution < -0.4 is 5.56 Å². The van der Waals surface area contributed by atoms with Gasteiger partial charge in [-0.05, 0) is 68.1 Å². The largest absolute Gasteiger partial charge is 0.284 e. The molecule has 40 heavy (non-hydrogen) atoms. The number of benzene rings is 1. The first-order chi connectivity index (χ1) is 19.0. The van der Waals surface area contributed by atoms with Gasteiger partial charge >= 0.3 is 0 Å². The van der Waals surface area contributed by atoms with Gasteiger partial charge in [0, 0.05) is 29.4 Å². The second-order valence-corrected chi connectivity index (χ2v) is 10.9. The summed E-state index contributed by atoms with van der Waals surface area (Å²) in [6.45, 7) is 5.15. The van der Waals surface area contributed by atoms with E-state index in [2.05, 4.69) is 10.1 Å². The molecule has 11 heteroatoms. The molecule has 0 aliphatic heterocycles. The lowest BCUT2D eigenvalue weighted by Gasteiger charge is -2.17. The minimum atomic E-state index is -1.65. The smallest absolute Gasteiger partial charge is 0.273 e. The monoisotopic (exact) mass is 586 g/mol. The molecular formula is C29H26ClF3N4O2S. The zero-order valence-electron chi connectivity index (χ0n) is 22.2. The molecular weight excluding hydrogens is 561 g/mol. The highest BCUT2D eigenvalue weighted by Gasteiger charge is 2.21. The van der Waals surface area contributed by atoms with Crippen molar-refractivity contribution in [2.75, 3.05) is 6.26 Å². The fraction of sp³-hybridized carbons (Fsp3) is 0.207. The Balaban J connectivity index is 1.74. The molecule has 0 saturated carbocycles. The third kappa shape index (κ3) is 5.73. The predicted octanol–water partition coefficient (Wildman–Crippen LogP) is 6.61. The number of fused-ring (bicyclic) bond motifs is 1. The van der Waals surface area contributed by atoms with Gasteiger partial charge in [-0.1, -0.05) is 30.7 Å². The molecule has 0 amide bonds. The third-order valence-corrected chi connectivity index (χ3v) is 7.70. The zero-order chi connectivity index (χ0) is 29.1. The molecule has 4 rings (SSSR count). The van der Waals surface area contributed by atoms with Crippen molar-refractivity contribution in [3.05, 3.63) is 116 Å². The van der Waals surface area contributed by atoms with Gasteiger partial charge in [-0.25, -0.2) is 17.7 Å². The molecule has 6 nitrogen and oxygen atoms in total. The molecule has 0 spiro atoms. The maximum atomic E-state index is 15.7. The molecule has 0 bridgehead atoms. The Morgan fingerprint density at radius 2 is 1.98 bits per heavy atom. The van der Waals surface area contributed by atoms with Gasteiger partial charge in [0.2, 0.25) is 0 Å². The van der Waals surface area contributed by atoms with E-state index in [1.165, 1.54) is 53.5 Å². The van der Waals surface area contributed by atoms with Gasteiger partial charge in [-0.2, -0.15) is 5.10 Å². The maximum absolute atomic E-state index is 15.7. The Hall–Kier alpha value is -3.76. The zero-order valence-corrected chi connectivity index (χ0v) is 23.7. The SMILES string of the molecule is C/C=C/N=C(/C(F)=C/n1c(C)cc(C(C)Cc2ccc(F)c3ccnn23)c(Cl)c1=O)c1cccc(S(C)=O)c1F. The molecule has 2 atom stereocenters. The van der Waals surface area contributed by atoms with Gasteiger partial charge in [-0.3, -0.25) is 18.6 Å². The highest BCUT2D eigenvalue weighted by Crippen LogP contribution is 2.28. The van der Waals surface area contributed by atoms with Crippen molar-refractivity contribution < 1.29 is 17.4 Å². The highest BCUT2D eigenvalue weighted by atomic mass is 35.5. The van der Waals surface area contributed by atoms with Gasteiger partial charge in [0.15, 0.2) is 5.83 Å². The van der Waals surface area contributed by atoms with Crippen LogP contribution in [0.15, 0.2) is 81.4 Å². The summed E-state index contributed by atoms with van der Waals surface area (Å²) in [5.41, 5.74) is 0.727. The van der Waals surface area contributed by atoms with E-state index in [1.807, 2.05) is 6.92 Å². The number of aryl methyl sites for hydroxylation is 1. The maximum Gasteiger partial charge on any atom is 0.273 e. The average molecular weight is 587 g/mol. The van der Waals surface area contributed by atoms with Crippen molar-refractivity contribution >= 4 is 39.8 Å². The summed E-state index contributed by atoms with van der Waals surface area (Å²) in [6.07, 6.45) is 6.96. The molecule has 0 radical (unpaired) electrons. The lowest BCUT2D eigenvalue weighted by atomic mass is 9.95. The standard InChI is InChI=1S/C29H26ClF3N4O2S/c1-5-12-34-28(20-7-6-8-25(27(20)33)40(4)39)23(32)16-36-18(3)15-21(26(30)29(36)38)17(2)14-19-9-10-22(31)24-11-13-35-37(19)24/h5-13,15-17H,14H2,1-4H3/b12-5+,23-16-,34-28+. The van der Waals surface area contributed by atoms with E-state index in [1.54, 1.807) is 32.0 Å². The number of hydrogen-bond donors (Lipinski definition) is 0. The van der Waals surface area contributed by atoms with E-state index in [4.69, 9.17) is 11.6 Å². The first-order valence-corrected chi connectivity index (χ1v) is 14.2. The Bertz CT molecular complexity index is 1780. The molecule has 0 saturated heterocycles. The fourth-order valence-electron chi connectivity index (χ4n) is 4.38. The highest BCUT2D eigenvalue weighted by molar-refractivity contribution is 7.84. The lowest BCUT2D eigenvalue weighted by Crippen LogP contribution is -2.22. The Kier molecular flexibility index (Phi) is 8.90. The topological polar surface area (TPSA) is 68.7 Å². The number of allylic oxidation sites excluding steroid dienone is 2.